The second-order valence-corrected chi connectivity index (χ2v) is 9.72. The Bertz CT molecular complexity index is 543. The lowest BCUT2D eigenvalue weighted by atomic mass is 9.80. The predicted molar refractivity (Wildman–Crippen MR) is 93.8 cm³/mol. The second kappa shape index (κ2) is 6.33. The minimum atomic E-state index is 0.714. The van der Waals surface area contributed by atoms with Crippen molar-refractivity contribution in [2.45, 2.75) is 65.5 Å². The molecule has 120 valence electrons. The Kier molecular flexibility index (Phi) is 4.39. The first kappa shape index (κ1) is 15.3. The van der Waals surface area contributed by atoms with Crippen LogP contribution in [0.3, 0.4) is 0 Å². The average Bonchev–Trinajstić information content (AvgIpc) is 2.88. The van der Waals surface area contributed by atoms with Crippen LogP contribution in [-0.2, 0) is 0 Å². The maximum atomic E-state index is 4.70. The maximum absolute atomic E-state index is 4.70. The number of aromatic nitrogens is 2. The van der Waals surface area contributed by atoms with Crippen LogP contribution < -0.4 is 0 Å². The van der Waals surface area contributed by atoms with Crippen molar-refractivity contribution in [3.8, 4) is 0 Å². The molecule has 2 fully saturated rings. The van der Waals surface area contributed by atoms with Gasteiger partial charge in [0, 0.05) is 22.0 Å². The summed E-state index contributed by atoms with van der Waals surface area (Å²) < 4.78 is 0. The van der Waals surface area contributed by atoms with Gasteiger partial charge in [0.05, 0.1) is 0 Å². The number of hydrogen-bond donors (Lipinski definition) is 0. The van der Waals surface area contributed by atoms with E-state index in [0.29, 0.717) is 5.92 Å². The van der Waals surface area contributed by atoms with Crippen LogP contribution >= 0.6 is 23.5 Å². The van der Waals surface area contributed by atoms with Crippen LogP contribution in [0.4, 0.5) is 0 Å². The molecular weight excluding hydrogens is 310 g/mol. The van der Waals surface area contributed by atoms with Crippen LogP contribution in [-0.4, -0.2) is 45.5 Å². The lowest BCUT2D eigenvalue weighted by molar-refractivity contribution is 0.282. The number of nitrogens with zero attached hydrogens (tertiary/aromatic N) is 3. The van der Waals surface area contributed by atoms with Crippen LogP contribution in [0, 0.1) is 5.92 Å². The molecule has 3 nitrogen and oxygen atoms in total. The molecule has 5 heteroatoms. The summed E-state index contributed by atoms with van der Waals surface area (Å²) >= 11 is 4.07. The summed E-state index contributed by atoms with van der Waals surface area (Å²) in [7, 11) is 2.23. The van der Waals surface area contributed by atoms with Crippen LogP contribution in [0.15, 0.2) is 16.4 Å². The van der Waals surface area contributed by atoms with Gasteiger partial charge in [0.1, 0.15) is 16.4 Å². The zero-order valence-electron chi connectivity index (χ0n) is 13.5. The van der Waals surface area contributed by atoms with E-state index in [9.17, 15) is 0 Å². The third-order valence-electron chi connectivity index (χ3n) is 5.44. The summed E-state index contributed by atoms with van der Waals surface area (Å²) in [4.78, 5) is 11.7. The molecule has 0 spiro atoms. The first-order chi connectivity index (χ1) is 10.7. The van der Waals surface area contributed by atoms with E-state index in [4.69, 9.17) is 4.98 Å². The second-order valence-electron chi connectivity index (χ2n) is 7.20. The molecule has 1 saturated carbocycles. The molecule has 22 heavy (non-hydrogen) atoms. The third kappa shape index (κ3) is 2.92. The highest BCUT2D eigenvalue weighted by atomic mass is 32.2. The van der Waals surface area contributed by atoms with Gasteiger partial charge in [-0.1, -0.05) is 13.3 Å². The molecule has 3 unspecified atom stereocenters. The molecule has 0 N–H and O–H groups in total. The SMILES string of the molecule is CC1CCC2c3c(SC4CCN(C)CC4)ncnc3SC2C1. The highest BCUT2D eigenvalue weighted by Crippen LogP contribution is 2.54. The minimum absolute atomic E-state index is 0.714. The Morgan fingerprint density at radius 3 is 2.82 bits per heavy atom. The van der Waals surface area contributed by atoms with Crippen molar-refractivity contribution >= 4 is 23.5 Å². The van der Waals surface area contributed by atoms with Crippen LogP contribution in [0.25, 0.3) is 0 Å². The van der Waals surface area contributed by atoms with Crippen LogP contribution in [0.2, 0.25) is 0 Å². The van der Waals surface area contributed by atoms with Gasteiger partial charge in [-0.2, -0.15) is 0 Å². The highest BCUT2D eigenvalue weighted by Gasteiger charge is 2.40. The standard InChI is InChI=1S/C17H25N3S2/c1-11-3-4-13-14(9-11)22-17-15(13)16(18-10-19-17)21-12-5-7-20(2)8-6-12/h10-14H,3-9H2,1-2H3. The predicted octanol–water partition coefficient (Wildman–Crippen LogP) is 4.04. The molecule has 1 aliphatic carbocycles. The summed E-state index contributed by atoms with van der Waals surface area (Å²) in [6.07, 6.45) is 8.43. The van der Waals surface area contributed by atoms with E-state index in [1.54, 1.807) is 6.33 Å². The van der Waals surface area contributed by atoms with Crippen LogP contribution in [0.5, 0.6) is 0 Å². The number of piperidine rings is 1. The van der Waals surface area contributed by atoms with Gasteiger partial charge >= 0.3 is 0 Å². The minimum Gasteiger partial charge on any atom is -0.306 e. The quantitative estimate of drug-likeness (QED) is 0.761. The Morgan fingerprint density at radius 1 is 1.18 bits per heavy atom. The van der Waals surface area contributed by atoms with Crippen molar-refractivity contribution in [1.29, 1.82) is 0 Å². The molecule has 3 atom stereocenters. The third-order valence-corrected chi connectivity index (χ3v) is 8.17. The number of thioether (sulfide) groups is 2. The first-order valence-electron chi connectivity index (χ1n) is 8.57. The van der Waals surface area contributed by atoms with E-state index >= 15 is 0 Å². The van der Waals surface area contributed by atoms with Crippen molar-refractivity contribution in [3.63, 3.8) is 0 Å². The average molecular weight is 336 g/mol. The molecule has 4 rings (SSSR count). The molecule has 3 aliphatic rings. The topological polar surface area (TPSA) is 29.0 Å². The lowest BCUT2D eigenvalue weighted by Crippen LogP contribution is -2.31. The van der Waals surface area contributed by atoms with Crippen molar-refractivity contribution in [1.82, 2.24) is 14.9 Å². The maximum Gasteiger partial charge on any atom is 0.118 e. The number of rotatable bonds is 2. The van der Waals surface area contributed by atoms with Crippen molar-refractivity contribution in [2.24, 2.45) is 5.92 Å². The Balaban J connectivity index is 1.54. The molecule has 3 heterocycles. The normalized spacial score (nSPS) is 32.7. The van der Waals surface area contributed by atoms with Gasteiger partial charge in [-0.15, -0.1) is 23.5 Å². The zero-order valence-corrected chi connectivity index (χ0v) is 15.1. The summed E-state index contributed by atoms with van der Waals surface area (Å²) in [5, 5.41) is 4.08. The molecule has 1 aromatic rings. The summed E-state index contributed by atoms with van der Waals surface area (Å²) in [5.41, 5.74) is 1.51. The molecule has 2 aliphatic heterocycles. The molecule has 0 amide bonds. The summed E-state index contributed by atoms with van der Waals surface area (Å²) in [5.74, 6) is 1.59. The summed E-state index contributed by atoms with van der Waals surface area (Å²) in [6, 6.07) is 0. The molecule has 1 saturated heterocycles. The number of fused-ring (bicyclic) bond motifs is 3. The molecular formula is C17H25N3S2. The fourth-order valence-electron chi connectivity index (χ4n) is 4.06. The van der Waals surface area contributed by atoms with Gasteiger partial charge in [-0.25, -0.2) is 9.97 Å². The van der Waals surface area contributed by atoms with Gasteiger partial charge in [0.15, 0.2) is 0 Å². The van der Waals surface area contributed by atoms with Crippen molar-refractivity contribution in [3.05, 3.63) is 11.9 Å². The van der Waals surface area contributed by atoms with Gasteiger partial charge in [0.25, 0.3) is 0 Å². The smallest absolute Gasteiger partial charge is 0.118 e. The van der Waals surface area contributed by atoms with Gasteiger partial charge in [-0.05, 0) is 51.7 Å². The van der Waals surface area contributed by atoms with E-state index in [-0.39, 0.29) is 0 Å². The highest BCUT2D eigenvalue weighted by molar-refractivity contribution is 8.01. The van der Waals surface area contributed by atoms with E-state index in [0.717, 1.165) is 16.4 Å². The molecule has 0 aromatic carbocycles. The van der Waals surface area contributed by atoms with Gasteiger partial charge in [-0.3, -0.25) is 0 Å². The zero-order chi connectivity index (χ0) is 15.1. The fraction of sp³-hybridized carbons (Fsp3) is 0.765. The fourth-order valence-corrected chi connectivity index (χ4v) is 7.00. The van der Waals surface area contributed by atoms with Gasteiger partial charge in [0.2, 0.25) is 0 Å². The van der Waals surface area contributed by atoms with Crippen molar-refractivity contribution in [2.75, 3.05) is 20.1 Å². The Hall–Kier alpha value is -0.260. The number of hydrogen-bond acceptors (Lipinski definition) is 5. The largest absolute Gasteiger partial charge is 0.306 e. The molecule has 0 bridgehead atoms. The van der Waals surface area contributed by atoms with E-state index in [1.165, 1.54) is 60.8 Å². The monoisotopic (exact) mass is 335 g/mol. The Labute approximate surface area is 142 Å². The molecule has 1 aromatic heterocycles. The summed E-state index contributed by atoms with van der Waals surface area (Å²) in [6.45, 7) is 4.85. The van der Waals surface area contributed by atoms with Gasteiger partial charge < -0.3 is 4.90 Å². The Morgan fingerprint density at radius 2 is 2.00 bits per heavy atom. The molecule has 0 radical (unpaired) electrons. The van der Waals surface area contributed by atoms with Crippen molar-refractivity contribution < 1.29 is 0 Å². The first-order valence-corrected chi connectivity index (χ1v) is 10.3. The number of likely N-dealkylation sites (tertiary alicyclic amines) is 1. The van der Waals surface area contributed by atoms with Crippen LogP contribution in [0.1, 0.15) is 50.5 Å². The van der Waals surface area contributed by atoms with E-state index in [2.05, 4.69) is 23.9 Å². The van der Waals surface area contributed by atoms with E-state index in [1.807, 2.05) is 23.5 Å². The van der Waals surface area contributed by atoms with E-state index < -0.39 is 0 Å². The lowest BCUT2D eigenvalue weighted by Gasteiger charge is -2.31.